The van der Waals surface area contributed by atoms with Gasteiger partial charge < -0.3 is 10.1 Å². The zero-order valence-corrected chi connectivity index (χ0v) is 11.9. The molecule has 2 rings (SSSR count). The van der Waals surface area contributed by atoms with Crippen molar-refractivity contribution in [1.29, 1.82) is 0 Å². The van der Waals surface area contributed by atoms with Gasteiger partial charge in [0.15, 0.2) is 0 Å². The molecule has 2 aliphatic rings. The summed E-state index contributed by atoms with van der Waals surface area (Å²) in [5, 5.41) is 3.71. The van der Waals surface area contributed by atoms with E-state index in [9.17, 15) is 0 Å². The lowest BCUT2D eigenvalue weighted by atomic mass is 9.92. The smallest absolute Gasteiger partial charge is 0.0876 e. The fraction of sp³-hybridized carbons (Fsp3) is 0.875. The Hall–Kier alpha value is -0.500. The van der Waals surface area contributed by atoms with Crippen LogP contribution in [0.5, 0.6) is 0 Å². The van der Waals surface area contributed by atoms with Crippen LogP contribution in [0.15, 0.2) is 11.8 Å². The minimum atomic E-state index is 0.575. The molecule has 1 N–H and O–H groups in total. The van der Waals surface area contributed by atoms with Crippen LogP contribution in [-0.4, -0.2) is 19.2 Å². The van der Waals surface area contributed by atoms with Crippen LogP contribution < -0.4 is 5.32 Å². The summed E-state index contributed by atoms with van der Waals surface area (Å²) in [4.78, 5) is 0. The van der Waals surface area contributed by atoms with Crippen LogP contribution >= 0.6 is 0 Å². The predicted octanol–water partition coefficient (Wildman–Crippen LogP) is 4.02. The van der Waals surface area contributed by atoms with Gasteiger partial charge in [0, 0.05) is 6.04 Å². The highest BCUT2D eigenvalue weighted by Crippen LogP contribution is 2.30. The molecule has 1 aliphatic heterocycles. The Balaban J connectivity index is 1.81. The monoisotopic (exact) mass is 251 g/mol. The first-order chi connectivity index (χ1) is 8.90. The highest BCUT2D eigenvalue weighted by Gasteiger charge is 2.20. The molecule has 1 unspecified atom stereocenters. The number of rotatable bonds is 7. The van der Waals surface area contributed by atoms with Crippen molar-refractivity contribution in [3.63, 3.8) is 0 Å². The third-order valence-corrected chi connectivity index (χ3v) is 4.39. The van der Waals surface area contributed by atoms with Gasteiger partial charge in [0.2, 0.25) is 0 Å². The molecule has 1 aliphatic carbocycles. The molecule has 0 bridgehead atoms. The lowest BCUT2D eigenvalue weighted by Crippen LogP contribution is -2.33. The van der Waals surface area contributed by atoms with E-state index in [2.05, 4.69) is 12.2 Å². The summed E-state index contributed by atoms with van der Waals surface area (Å²) in [5.41, 5.74) is 1.51. The predicted molar refractivity (Wildman–Crippen MR) is 76.5 cm³/mol. The second-order valence-corrected chi connectivity index (χ2v) is 5.90. The van der Waals surface area contributed by atoms with E-state index in [1.165, 1.54) is 63.4 Å². The highest BCUT2D eigenvalue weighted by atomic mass is 16.5. The van der Waals surface area contributed by atoms with E-state index >= 15 is 0 Å². The normalized spacial score (nSPS) is 22.6. The molecule has 0 aromatic rings. The molecular formula is C16H29NO. The number of nitrogens with one attached hydrogen (secondary N) is 1. The average Bonchev–Trinajstić information content (AvgIpc) is 2.93. The first kappa shape index (κ1) is 13.9. The molecule has 2 heteroatoms. The standard InChI is InChI=1S/C16H29NO/c1-2-11-17-16(15-8-5-12-18-13-15)10-9-14-6-3-4-7-14/h13-14,16-17H,2-12H2,1H3. The minimum Gasteiger partial charge on any atom is -0.501 e. The molecule has 0 aromatic heterocycles. The summed E-state index contributed by atoms with van der Waals surface area (Å²) < 4.78 is 5.51. The van der Waals surface area contributed by atoms with E-state index in [4.69, 9.17) is 4.74 Å². The molecule has 0 saturated heterocycles. The summed E-state index contributed by atoms with van der Waals surface area (Å²) in [6, 6.07) is 0.575. The Morgan fingerprint density at radius 1 is 1.33 bits per heavy atom. The first-order valence-electron chi connectivity index (χ1n) is 7.94. The molecule has 1 saturated carbocycles. The zero-order valence-electron chi connectivity index (χ0n) is 11.9. The third kappa shape index (κ3) is 4.31. The Morgan fingerprint density at radius 3 is 2.83 bits per heavy atom. The van der Waals surface area contributed by atoms with Gasteiger partial charge in [-0.25, -0.2) is 0 Å². The topological polar surface area (TPSA) is 21.3 Å². The van der Waals surface area contributed by atoms with Crippen molar-refractivity contribution in [2.24, 2.45) is 5.92 Å². The zero-order chi connectivity index (χ0) is 12.6. The van der Waals surface area contributed by atoms with Gasteiger partial charge in [0.05, 0.1) is 12.9 Å². The van der Waals surface area contributed by atoms with Crippen LogP contribution in [0.2, 0.25) is 0 Å². The van der Waals surface area contributed by atoms with Crippen LogP contribution in [-0.2, 0) is 4.74 Å². The lowest BCUT2D eigenvalue weighted by Gasteiger charge is -2.25. The summed E-state index contributed by atoms with van der Waals surface area (Å²) in [6.07, 6.45) is 14.2. The summed E-state index contributed by atoms with van der Waals surface area (Å²) in [5.74, 6) is 1.00. The number of hydrogen-bond donors (Lipinski definition) is 1. The molecule has 1 fully saturated rings. The fourth-order valence-corrected chi connectivity index (χ4v) is 3.28. The van der Waals surface area contributed by atoms with E-state index in [-0.39, 0.29) is 0 Å². The van der Waals surface area contributed by atoms with Crippen molar-refractivity contribution in [1.82, 2.24) is 5.32 Å². The Morgan fingerprint density at radius 2 is 2.17 bits per heavy atom. The summed E-state index contributed by atoms with van der Waals surface area (Å²) >= 11 is 0. The molecule has 0 radical (unpaired) electrons. The van der Waals surface area contributed by atoms with E-state index in [0.717, 1.165) is 19.1 Å². The minimum absolute atomic E-state index is 0.575. The Labute approximate surface area is 112 Å². The van der Waals surface area contributed by atoms with Gasteiger partial charge in [-0.15, -0.1) is 0 Å². The van der Waals surface area contributed by atoms with E-state index in [1.54, 1.807) is 0 Å². The van der Waals surface area contributed by atoms with Crippen LogP contribution in [0.25, 0.3) is 0 Å². The van der Waals surface area contributed by atoms with Gasteiger partial charge in [0.1, 0.15) is 0 Å². The number of hydrogen-bond acceptors (Lipinski definition) is 2. The van der Waals surface area contributed by atoms with Gasteiger partial charge >= 0.3 is 0 Å². The molecule has 0 aromatic carbocycles. The van der Waals surface area contributed by atoms with Crippen LogP contribution in [0.1, 0.15) is 64.7 Å². The van der Waals surface area contributed by atoms with E-state index in [1.807, 2.05) is 6.26 Å². The Bertz CT molecular complexity index is 256. The molecule has 18 heavy (non-hydrogen) atoms. The molecule has 0 spiro atoms. The van der Waals surface area contributed by atoms with Gasteiger partial charge in [-0.2, -0.15) is 0 Å². The van der Waals surface area contributed by atoms with Crippen molar-refractivity contribution < 1.29 is 4.74 Å². The van der Waals surface area contributed by atoms with Crippen molar-refractivity contribution in [2.75, 3.05) is 13.2 Å². The van der Waals surface area contributed by atoms with Crippen molar-refractivity contribution in [2.45, 2.75) is 70.8 Å². The molecule has 1 atom stereocenters. The fourth-order valence-electron chi connectivity index (χ4n) is 3.28. The van der Waals surface area contributed by atoms with Gasteiger partial charge in [-0.3, -0.25) is 0 Å². The molecule has 2 nitrogen and oxygen atoms in total. The lowest BCUT2D eigenvalue weighted by molar-refractivity contribution is 0.217. The number of ether oxygens (including phenoxy) is 1. The SMILES string of the molecule is CCCNC(CCC1CCCC1)C1=COCCC1. The third-order valence-electron chi connectivity index (χ3n) is 4.39. The van der Waals surface area contributed by atoms with Crippen LogP contribution in [0.3, 0.4) is 0 Å². The van der Waals surface area contributed by atoms with Crippen molar-refractivity contribution >= 4 is 0 Å². The maximum atomic E-state index is 5.51. The van der Waals surface area contributed by atoms with Gasteiger partial charge in [0.25, 0.3) is 0 Å². The van der Waals surface area contributed by atoms with Crippen molar-refractivity contribution in [3.8, 4) is 0 Å². The quantitative estimate of drug-likeness (QED) is 0.738. The van der Waals surface area contributed by atoms with Gasteiger partial charge in [-0.05, 0) is 50.1 Å². The molecule has 0 amide bonds. The highest BCUT2D eigenvalue weighted by molar-refractivity contribution is 5.10. The summed E-state index contributed by atoms with van der Waals surface area (Å²) in [7, 11) is 0. The van der Waals surface area contributed by atoms with Crippen molar-refractivity contribution in [3.05, 3.63) is 11.8 Å². The largest absolute Gasteiger partial charge is 0.501 e. The van der Waals surface area contributed by atoms with Crippen LogP contribution in [0.4, 0.5) is 0 Å². The molecule has 104 valence electrons. The van der Waals surface area contributed by atoms with E-state index < -0.39 is 0 Å². The Kier molecular flexibility index (Phi) is 6.06. The maximum absolute atomic E-state index is 5.51. The molecular weight excluding hydrogens is 222 g/mol. The second-order valence-electron chi connectivity index (χ2n) is 5.90. The first-order valence-corrected chi connectivity index (χ1v) is 7.94. The second kappa shape index (κ2) is 7.83. The van der Waals surface area contributed by atoms with E-state index in [0.29, 0.717) is 6.04 Å². The summed E-state index contributed by atoms with van der Waals surface area (Å²) in [6.45, 7) is 4.28. The average molecular weight is 251 g/mol. The molecule has 1 heterocycles. The van der Waals surface area contributed by atoms with Crippen LogP contribution in [0, 0.1) is 5.92 Å². The maximum Gasteiger partial charge on any atom is 0.0876 e. The van der Waals surface area contributed by atoms with Gasteiger partial charge in [-0.1, -0.05) is 32.6 Å².